The van der Waals surface area contributed by atoms with Gasteiger partial charge < -0.3 is 4.74 Å². The van der Waals surface area contributed by atoms with E-state index < -0.39 is 11.5 Å². The average Bonchev–Trinajstić information content (AvgIpc) is 2.60. The Morgan fingerprint density at radius 2 is 2.18 bits per heavy atom. The molecule has 0 saturated carbocycles. The lowest BCUT2D eigenvalue weighted by Crippen LogP contribution is -2.28. The first-order valence-electron chi connectivity index (χ1n) is 5.30. The number of fused-ring (bicyclic) bond motifs is 1. The maximum Gasteiger partial charge on any atom is 0.321 e. The van der Waals surface area contributed by atoms with Crippen LogP contribution in [0.25, 0.3) is 0 Å². The molecule has 1 aliphatic rings. The summed E-state index contributed by atoms with van der Waals surface area (Å²) in [4.78, 5) is 20.2. The fourth-order valence-electron chi connectivity index (χ4n) is 1.56. The zero-order valence-electron chi connectivity index (χ0n) is 9.90. The fraction of sp³-hybridized carbons (Fsp3) is 0.417. The Labute approximate surface area is 105 Å². The number of carbonyl (C=O) groups excluding carboxylic acids is 1. The molecule has 0 amide bonds. The topological polar surface area (TPSA) is 51.5 Å². The van der Waals surface area contributed by atoms with Gasteiger partial charge in [-0.15, -0.1) is 0 Å². The van der Waals surface area contributed by atoms with Gasteiger partial charge in [-0.05, 0) is 26.8 Å². The van der Waals surface area contributed by atoms with Gasteiger partial charge in [0.2, 0.25) is 0 Å². The van der Waals surface area contributed by atoms with Crippen LogP contribution in [-0.2, 0) is 9.53 Å². The van der Waals surface area contributed by atoms with Gasteiger partial charge in [-0.25, -0.2) is 0 Å². The number of rotatable bonds is 1. The third-order valence-corrected chi connectivity index (χ3v) is 2.52. The zero-order chi connectivity index (χ0) is 12.6. The maximum atomic E-state index is 11.9. The number of aromatic nitrogens is 1. The number of ether oxygens (including phenoxy) is 1. The predicted molar refractivity (Wildman–Crippen MR) is 66.0 cm³/mol. The van der Waals surface area contributed by atoms with Crippen molar-refractivity contribution in [1.29, 1.82) is 0 Å². The Balaban J connectivity index is 2.26. The lowest BCUT2D eigenvalue weighted by atomic mass is 10.1. The van der Waals surface area contributed by atoms with Crippen LogP contribution in [-0.4, -0.2) is 22.8 Å². The molecule has 0 fully saturated rings. The molecule has 2 rings (SSSR count). The lowest BCUT2D eigenvalue weighted by Gasteiger charge is -2.21. The molecular weight excluding hydrogens is 240 g/mol. The van der Waals surface area contributed by atoms with E-state index in [0.717, 1.165) is 0 Å². The quantitative estimate of drug-likeness (QED) is 0.722. The van der Waals surface area contributed by atoms with E-state index >= 15 is 0 Å². The highest BCUT2D eigenvalue weighted by Crippen LogP contribution is 2.37. The van der Waals surface area contributed by atoms with Crippen LogP contribution in [0.5, 0.6) is 0 Å². The van der Waals surface area contributed by atoms with Crippen molar-refractivity contribution in [3.05, 3.63) is 23.0 Å². The zero-order valence-corrected chi connectivity index (χ0v) is 10.7. The van der Waals surface area contributed by atoms with Crippen molar-refractivity contribution < 1.29 is 9.53 Å². The van der Waals surface area contributed by atoms with Crippen LogP contribution in [0, 0.1) is 0 Å². The maximum absolute atomic E-state index is 11.9. The highest BCUT2D eigenvalue weighted by atomic mass is 35.5. The molecule has 0 bridgehead atoms. The van der Waals surface area contributed by atoms with Crippen molar-refractivity contribution in [3.8, 4) is 0 Å². The fourth-order valence-corrected chi connectivity index (χ4v) is 1.76. The molecule has 17 heavy (non-hydrogen) atoms. The van der Waals surface area contributed by atoms with E-state index in [4.69, 9.17) is 16.3 Å². The van der Waals surface area contributed by atoms with Gasteiger partial charge in [0.25, 0.3) is 0 Å². The number of carbonyl (C=O) groups is 1. The Bertz CT molecular complexity index is 492. The number of pyridine rings is 1. The summed E-state index contributed by atoms with van der Waals surface area (Å²) < 4.78 is 5.31. The number of hydrogen-bond acceptors (Lipinski definition) is 4. The minimum absolute atomic E-state index is 0.352. The first-order valence-corrected chi connectivity index (χ1v) is 5.68. The highest BCUT2D eigenvalue weighted by Gasteiger charge is 2.32. The van der Waals surface area contributed by atoms with Crippen molar-refractivity contribution in [2.24, 2.45) is 4.99 Å². The van der Waals surface area contributed by atoms with E-state index in [1.807, 2.05) is 20.8 Å². The molecule has 1 unspecified atom stereocenters. The second-order valence-electron chi connectivity index (χ2n) is 4.82. The summed E-state index contributed by atoms with van der Waals surface area (Å²) in [5.41, 5.74) is 0.600. The summed E-state index contributed by atoms with van der Waals surface area (Å²) in [5.74, 6) is -0.905. The molecule has 0 radical (unpaired) electrons. The monoisotopic (exact) mass is 252 g/mol. The van der Waals surface area contributed by atoms with Gasteiger partial charge in [0, 0.05) is 12.4 Å². The van der Waals surface area contributed by atoms with Gasteiger partial charge in [-0.3, -0.25) is 14.8 Å². The number of aliphatic imine (C=N–C) groups is 1. The van der Waals surface area contributed by atoms with Crippen LogP contribution < -0.4 is 0 Å². The summed E-state index contributed by atoms with van der Waals surface area (Å²) in [6.07, 6.45) is 3.09. The standard InChI is InChI=1S/C12H13ClN2O2/c1-12(2,3)17-11(16)7-6-15-10-8(13)4-5-14-9(7)10/h4-7H,1-3H3. The van der Waals surface area contributed by atoms with E-state index in [-0.39, 0.29) is 5.97 Å². The molecule has 0 aliphatic carbocycles. The second-order valence-corrected chi connectivity index (χ2v) is 5.22. The first-order chi connectivity index (χ1) is 7.88. The van der Waals surface area contributed by atoms with E-state index in [0.29, 0.717) is 16.4 Å². The van der Waals surface area contributed by atoms with E-state index in [2.05, 4.69) is 9.98 Å². The Hall–Kier alpha value is -1.42. The smallest absolute Gasteiger partial charge is 0.321 e. The number of hydrogen-bond donors (Lipinski definition) is 0. The van der Waals surface area contributed by atoms with Gasteiger partial charge in [-0.2, -0.15) is 0 Å². The molecule has 0 N–H and O–H groups in total. The second kappa shape index (κ2) is 4.11. The summed E-state index contributed by atoms with van der Waals surface area (Å²) in [6.45, 7) is 5.47. The summed E-state index contributed by atoms with van der Waals surface area (Å²) in [6, 6.07) is 1.65. The molecule has 90 valence electrons. The van der Waals surface area contributed by atoms with Crippen LogP contribution in [0.3, 0.4) is 0 Å². The van der Waals surface area contributed by atoms with Gasteiger partial charge in [-0.1, -0.05) is 11.6 Å². The molecule has 5 heteroatoms. The SMILES string of the molecule is CC(C)(C)OC(=O)C1C=Nc2c(Cl)ccnc21. The number of halogens is 1. The Morgan fingerprint density at radius 3 is 2.82 bits per heavy atom. The molecule has 0 spiro atoms. The van der Waals surface area contributed by atoms with E-state index in [1.54, 1.807) is 12.3 Å². The van der Waals surface area contributed by atoms with Crippen LogP contribution in [0.1, 0.15) is 32.4 Å². The summed E-state index contributed by atoms with van der Waals surface area (Å²) in [7, 11) is 0. The number of nitrogens with zero attached hydrogens (tertiary/aromatic N) is 2. The lowest BCUT2D eigenvalue weighted by molar-refractivity contribution is -0.154. The van der Waals surface area contributed by atoms with E-state index in [1.165, 1.54) is 6.21 Å². The summed E-state index contributed by atoms with van der Waals surface area (Å²) >= 11 is 5.97. The molecule has 4 nitrogen and oxygen atoms in total. The normalized spacial score (nSPS) is 18.0. The molecule has 0 saturated heterocycles. The Morgan fingerprint density at radius 1 is 1.47 bits per heavy atom. The highest BCUT2D eigenvalue weighted by molar-refractivity contribution is 6.33. The van der Waals surface area contributed by atoms with Crippen molar-refractivity contribution in [2.45, 2.75) is 32.3 Å². The largest absolute Gasteiger partial charge is 0.459 e. The minimum Gasteiger partial charge on any atom is -0.459 e. The molecule has 1 aromatic heterocycles. The van der Waals surface area contributed by atoms with Gasteiger partial charge >= 0.3 is 5.97 Å². The average molecular weight is 253 g/mol. The predicted octanol–water partition coefficient (Wildman–Crippen LogP) is 2.88. The summed E-state index contributed by atoms with van der Waals surface area (Å²) in [5, 5.41) is 0.498. The van der Waals surface area contributed by atoms with Crippen LogP contribution >= 0.6 is 11.6 Å². The molecule has 1 atom stereocenters. The van der Waals surface area contributed by atoms with E-state index in [9.17, 15) is 4.79 Å². The Kier molecular flexibility index (Phi) is 2.91. The van der Waals surface area contributed by atoms with Gasteiger partial charge in [0.15, 0.2) is 0 Å². The molecule has 2 heterocycles. The van der Waals surface area contributed by atoms with Gasteiger partial charge in [0.05, 0.1) is 10.7 Å². The van der Waals surface area contributed by atoms with Crippen LogP contribution in [0.4, 0.5) is 5.69 Å². The van der Waals surface area contributed by atoms with Crippen LogP contribution in [0.2, 0.25) is 5.02 Å². The number of esters is 1. The van der Waals surface area contributed by atoms with Crippen molar-refractivity contribution in [3.63, 3.8) is 0 Å². The van der Waals surface area contributed by atoms with Crippen molar-refractivity contribution in [1.82, 2.24) is 4.98 Å². The third-order valence-electron chi connectivity index (χ3n) is 2.21. The van der Waals surface area contributed by atoms with Crippen molar-refractivity contribution in [2.75, 3.05) is 0 Å². The van der Waals surface area contributed by atoms with Gasteiger partial charge in [0.1, 0.15) is 17.2 Å². The minimum atomic E-state index is -0.553. The van der Waals surface area contributed by atoms with Crippen molar-refractivity contribution >= 4 is 29.5 Å². The molecule has 1 aliphatic heterocycles. The first kappa shape index (κ1) is 12.0. The molecule has 1 aromatic rings. The van der Waals surface area contributed by atoms with Crippen LogP contribution in [0.15, 0.2) is 17.3 Å². The molecule has 0 aromatic carbocycles. The molecular formula is C12H13ClN2O2. The third kappa shape index (κ3) is 2.47.